The highest BCUT2D eigenvalue weighted by molar-refractivity contribution is 5.45. The molecule has 0 radical (unpaired) electrons. The van der Waals surface area contributed by atoms with Crippen molar-refractivity contribution in [3.8, 4) is 0 Å². The number of methoxy groups -OCH3 is 1. The SMILES string of the molecule is CNc1cccc(NC(CO)COC)n1. The average Bonchev–Trinajstić information content (AvgIpc) is 2.29. The molecule has 1 unspecified atom stereocenters. The lowest BCUT2D eigenvalue weighted by atomic mass is 10.3. The molecule has 1 heterocycles. The molecule has 84 valence electrons. The van der Waals surface area contributed by atoms with Crippen LogP contribution in [-0.4, -0.2) is 43.5 Å². The van der Waals surface area contributed by atoms with Gasteiger partial charge in [0.05, 0.1) is 19.3 Å². The molecule has 0 aliphatic heterocycles. The van der Waals surface area contributed by atoms with Crippen molar-refractivity contribution in [2.75, 3.05) is 38.0 Å². The lowest BCUT2D eigenvalue weighted by molar-refractivity contribution is 0.153. The molecule has 0 spiro atoms. The summed E-state index contributed by atoms with van der Waals surface area (Å²) in [4.78, 5) is 4.27. The molecule has 5 nitrogen and oxygen atoms in total. The van der Waals surface area contributed by atoms with Crippen molar-refractivity contribution in [2.45, 2.75) is 6.04 Å². The fraction of sp³-hybridized carbons (Fsp3) is 0.500. The number of rotatable bonds is 6. The first-order valence-electron chi connectivity index (χ1n) is 4.81. The second-order valence-electron chi connectivity index (χ2n) is 3.14. The summed E-state index contributed by atoms with van der Waals surface area (Å²) < 4.78 is 4.96. The lowest BCUT2D eigenvalue weighted by Gasteiger charge is -2.16. The van der Waals surface area contributed by atoms with Crippen LogP contribution in [-0.2, 0) is 4.74 Å². The summed E-state index contributed by atoms with van der Waals surface area (Å²) in [6.45, 7) is 0.460. The van der Waals surface area contributed by atoms with E-state index in [4.69, 9.17) is 9.84 Å². The summed E-state index contributed by atoms with van der Waals surface area (Å²) in [7, 11) is 3.41. The van der Waals surface area contributed by atoms with Crippen LogP contribution >= 0.6 is 0 Å². The van der Waals surface area contributed by atoms with Crippen LogP contribution < -0.4 is 10.6 Å². The molecule has 0 bridgehead atoms. The molecule has 5 heteroatoms. The van der Waals surface area contributed by atoms with Gasteiger partial charge in [0.15, 0.2) is 0 Å². The molecule has 0 aliphatic rings. The van der Waals surface area contributed by atoms with Gasteiger partial charge in [-0.15, -0.1) is 0 Å². The predicted octanol–water partition coefficient (Wildman–Crippen LogP) is 0.542. The molecule has 1 atom stereocenters. The highest BCUT2D eigenvalue weighted by atomic mass is 16.5. The fourth-order valence-corrected chi connectivity index (χ4v) is 1.20. The number of hydrogen-bond donors (Lipinski definition) is 3. The average molecular weight is 211 g/mol. The van der Waals surface area contributed by atoms with Crippen molar-refractivity contribution in [1.29, 1.82) is 0 Å². The molecule has 0 fully saturated rings. The van der Waals surface area contributed by atoms with Crippen LogP contribution in [0.1, 0.15) is 0 Å². The minimum Gasteiger partial charge on any atom is -0.394 e. The molecular weight excluding hydrogens is 194 g/mol. The van der Waals surface area contributed by atoms with Gasteiger partial charge in [-0.2, -0.15) is 0 Å². The van der Waals surface area contributed by atoms with Gasteiger partial charge in [0.25, 0.3) is 0 Å². The van der Waals surface area contributed by atoms with E-state index in [1.807, 2.05) is 25.2 Å². The highest BCUT2D eigenvalue weighted by Crippen LogP contribution is 2.09. The highest BCUT2D eigenvalue weighted by Gasteiger charge is 2.07. The zero-order valence-electron chi connectivity index (χ0n) is 9.03. The van der Waals surface area contributed by atoms with Gasteiger partial charge >= 0.3 is 0 Å². The number of hydrogen-bond acceptors (Lipinski definition) is 5. The summed E-state index contributed by atoms with van der Waals surface area (Å²) in [5.74, 6) is 1.51. The van der Waals surface area contributed by atoms with E-state index in [0.717, 1.165) is 11.6 Å². The third kappa shape index (κ3) is 3.73. The zero-order chi connectivity index (χ0) is 11.1. The van der Waals surface area contributed by atoms with Gasteiger partial charge < -0.3 is 20.5 Å². The second-order valence-corrected chi connectivity index (χ2v) is 3.14. The lowest BCUT2D eigenvalue weighted by Crippen LogP contribution is -2.29. The largest absolute Gasteiger partial charge is 0.394 e. The first-order chi connectivity index (χ1) is 7.30. The predicted molar refractivity (Wildman–Crippen MR) is 60.2 cm³/mol. The Hall–Kier alpha value is -1.33. The molecule has 1 aromatic heterocycles. The van der Waals surface area contributed by atoms with Crippen LogP contribution in [0.5, 0.6) is 0 Å². The Morgan fingerprint density at radius 2 is 2.20 bits per heavy atom. The van der Waals surface area contributed by atoms with E-state index in [0.29, 0.717) is 6.61 Å². The van der Waals surface area contributed by atoms with Crippen LogP contribution in [0.3, 0.4) is 0 Å². The van der Waals surface area contributed by atoms with E-state index in [1.54, 1.807) is 7.11 Å². The van der Waals surface area contributed by atoms with Gasteiger partial charge in [-0.25, -0.2) is 4.98 Å². The van der Waals surface area contributed by atoms with Gasteiger partial charge in [0.1, 0.15) is 11.6 Å². The first kappa shape index (κ1) is 11.7. The standard InChI is InChI=1S/C10H17N3O2/c1-11-9-4-3-5-10(13-9)12-8(6-14)7-15-2/h3-5,8,14H,6-7H2,1-2H3,(H2,11,12,13). The van der Waals surface area contributed by atoms with E-state index in [9.17, 15) is 0 Å². The molecular formula is C10H17N3O2. The normalized spacial score (nSPS) is 12.2. The Bertz CT molecular complexity index is 294. The summed E-state index contributed by atoms with van der Waals surface area (Å²) in [5, 5.41) is 15.1. The smallest absolute Gasteiger partial charge is 0.128 e. The number of anilines is 2. The quantitative estimate of drug-likeness (QED) is 0.641. The monoisotopic (exact) mass is 211 g/mol. The number of nitrogens with one attached hydrogen (secondary N) is 2. The Morgan fingerprint density at radius 1 is 1.47 bits per heavy atom. The number of nitrogens with zero attached hydrogens (tertiary/aromatic N) is 1. The van der Waals surface area contributed by atoms with Crippen molar-refractivity contribution in [3.63, 3.8) is 0 Å². The van der Waals surface area contributed by atoms with Crippen LogP contribution in [0, 0.1) is 0 Å². The maximum Gasteiger partial charge on any atom is 0.128 e. The van der Waals surface area contributed by atoms with Crippen molar-refractivity contribution in [2.24, 2.45) is 0 Å². The number of aliphatic hydroxyl groups excluding tert-OH is 1. The van der Waals surface area contributed by atoms with Crippen LogP contribution in [0.25, 0.3) is 0 Å². The number of pyridine rings is 1. The Morgan fingerprint density at radius 3 is 2.80 bits per heavy atom. The van der Waals surface area contributed by atoms with Gasteiger partial charge in [-0.1, -0.05) is 6.07 Å². The van der Waals surface area contributed by atoms with Crippen LogP contribution in [0.2, 0.25) is 0 Å². The van der Waals surface area contributed by atoms with Crippen LogP contribution in [0.4, 0.5) is 11.6 Å². The molecule has 15 heavy (non-hydrogen) atoms. The summed E-state index contributed by atoms with van der Waals surface area (Å²) in [5.41, 5.74) is 0. The van der Waals surface area contributed by atoms with E-state index in [2.05, 4.69) is 15.6 Å². The third-order valence-corrected chi connectivity index (χ3v) is 1.95. The second kappa shape index (κ2) is 6.21. The molecule has 0 aromatic carbocycles. The van der Waals surface area contributed by atoms with Crippen molar-refractivity contribution in [3.05, 3.63) is 18.2 Å². The minimum absolute atomic E-state index is 0.0132. The first-order valence-corrected chi connectivity index (χ1v) is 4.81. The molecule has 3 N–H and O–H groups in total. The minimum atomic E-state index is -0.130. The van der Waals surface area contributed by atoms with Gasteiger partial charge in [0, 0.05) is 14.2 Å². The summed E-state index contributed by atoms with van der Waals surface area (Å²) in [6.07, 6.45) is 0. The van der Waals surface area contributed by atoms with E-state index < -0.39 is 0 Å². The molecule has 0 saturated carbocycles. The van der Waals surface area contributed by atoms with E-state index in [-0.39, 0.29) is 12.6 Å². The molecule has 0 aliphatic carbocycles. The third-order valence-electron chi connectivity index (χ3n) is 1.95. The molecule has 1 aromatic rings. The van der Waals surface area contributed by atoms with Gasteiger partial charge in [-0.3, -0.25) is 0 Å². The van der Waals surface area contributed by atoms with Crippen molar-refractivity contribution < 1.29 is 9.84 Å². The topological polar surface area (TPSA) is 66.4 Å². The Labute approximate surface area is 89.5 Å². The van der Waals surface area contributed by atoms with Gasteiger partial charge in [0.2, 0.25) is 0 Å². The Balaban J connectivity index is 2.61. The van der Waals surface area contributed by atoms with Crippen molar-refractivity contribution >= 4 is 11.6 Å². The Kier molecular flexibility index (Phi) is 4.86. The van der Waals surface area contributed by atoms with Crippen LogP contribution in [0.15, 0.2) is 18.2 Å². The number of aromatic nitrogens is 1. The van der Waals surface area contributed by atoms with E-state index >= 15 is 0 Å². The molecule has 0 amide bonds. The fourth-order valence-electron chi connectivity index (χ4n) is 1.20. The van der Waals surface area contributed by atoms with Gasteiger partial charge in [-0.05, 0) is 12.1 Å². The number of ether oxygens (including phenoxy) is 1. The maximum atomic E-state index is 9.06. The van der Waals surface area contributed by atoms with E-state index in [1.165, 1.54) is 0 Å². The molecule has 0 saturated heterocycles. The molecule has 1 rings (SSSR count). The summed E-state index contributed by atoms with van der Waals surface area (Å²) >= 11 is 0. The zero-order valence-corrected chi connectivity index (χ0v) is 9.03. The number of aliphatic hydroxyl groups is 1. The summed E-state index contributed by atoms with van der Waals surface area (Å²) in [6, 6.07) is 5.48. The van der Waals surface area contributed by atoms with Crippen molar-refractivity contribution in [1.82, 2.24) is 4.98 Å². The maximum absolute atomic E-state index is 9.06.